The van der Waals surface area contributed by atoms with Crippen LogP contribution in [-0.4, -0.2) is 24.2 Å². The van der Waals surface area contributed by atoms with E-state index in [9.17, 15) is 4.39 Å². The van der Waals surface area contributed by atoms with E-state index in [0.29, 0.717) is 6.54 Å². The highest BCUT2D eigenvalue weighted by Crippen LogP contribution is 2.24. The first-order chi connectivity index (χ1) is 7.79. The minimum Gasteiger partial charge on any atom is -0.296 e. The van der Waals surface area contributed by atoms with Crippen LogP contribution in [0.2, 0.25) is 0 Å². The minimum atomic E-state index is -0.637. The molecule has 2 unspecified atom stereocenters. The first-order valence-corrected chi connectivity index (χ1v) is 6.20. The van der Waals surface area contributed by atoms with Crippen LogP contribution in [0.15, 0.2) is 30.3 Å². The number of nitrogens with zero attached hydrogens (tertiary/aromatic N) is 1. The Balaban J connectivity index is 1.89. The van der Waals surface area contributed by atoms with Crippen LogP contribution in [0.3, 0.4) is 0 Å². The molecule has 0 aromatic heterocycles. The van der Waals surface area contributed by atoms with Gasteiger partial charge in [0.25, 0.3) is 0 Å². The SMILES string of the molecule is CCC1CCN(Cc2ccccc2)CC1F. The molecule has 0 N–H and O–H groups in total. The Morgan fingerprint density at radius 3 is 2.69 bits per heavy atom. The number of alkyl halides is 1. The van der Waals surface area contributed by atoms with Gasteiger partial charge in [-0.3, -0.25) is 4.90 Å². The first-order valence-electron chi connectivity index (χ1n) is 6.20. The summed E-state index contributed by atoms with van der Waals surface area (Å²) in [6.07, 6.45) is 1.34. The minimum absolute atomic E-state index is 0.284. The summed E-state index contributed by atoms with van der Waals surface area (Å²) in [5.74, 6) is 0.284. The zero-order valence-corrected chi connectivity index (χ0v) is 9.90. The van der Waals surface area contributed by atoms with Crippen molar-refractivity contribution in [2.45, 2.75) is 32.5 Å². The maximum Gasteiger partial charge on any atom is 0.116 e. The number of hydrogen-bond acceptors (Lipinski definition) is 1. The third-order valence-electron chi connectivity index (χ3n) is 3.53. The standard InChI is InChI=1S/C14H20FN/c1-2-13-8-9-16(11-14(13)15)10-12-6-4-3-5-7-12/h3-7,13-14H,2,8-11H2,1H3. The van der Waals surface area contributed by atoms with Crippen molar-refractivity contribution in [3.05, 3.63) is 35.9 Å². The summed E-state index contributed by atoms with van der Waals surface area (Å²) in [4.78, 5) is 2.23. The molecule has 16 heavy (non-hydrogen) atoms. The molecule has 2 rings (SSSR count). The van der Waals surface area contributed by atoms with E-state index < -0.39 is 6.17 Å². The lowest BCUT2D eigenvalue weighted by molar-refractivity contribution is 0.0782. The Morgan fingerprint density at radius 2 is 2.06 bits per heavy atom. The smallest absolute Gasteiger partial charge is 0.116 e. The number of benzene rings is 1. The molecular formula is C14H20FN. The highest BCUT2D eigenvalue weighted by atomic mass is 19.1. The monoisotopic (exact) mass is 221 g/mol. The van der Waals surface area contributed by atoms with Crippen LogP contribution in [0.25, 0.3) is 0 Å². The molecular weight excluding hydrogens is 201 g/mol. The molecule has 1 aromatic carbocycles. The average Bonchev–Trinajstić information content (AvgIpc) is 2.31. The maximum absolute atomic E-state index is 13.8. The molecule has 2 heteroatoms. The maximum atomic E-state index is 13.8. The second-order valence-electron chi connectivity index (χ2n) is 4.69. The molecule has 0 spiro atoms. The molecule has 1 nitrogen and oxygen atoms in total. The molecule has 0 bridgehead atoms. The molecule has 1 fully saturated rings. The third kappa shape index (κ3) is 2.82. The van der Waals surface area contributed by atoms with Gasteiger partial charge in [0.1, 0.15) is 6.17 Å². The van der Waals surface area contributed by atoms with Gasteiger partial charge in [-0.15, -0.1) is 0 Å². The molecule has 1 aliphatic heterocycles. The van der Waals surface area contributed by atoms with Crippen molar-refractivity contribution in [2.24, 2.45) is 5.92 Å². The molecule has 1 aromatic rings. The highest BCUT2D eigenvalue weighted by Gasteiger charge is 2.27. The Hall–Kier alpha value is -0.890. The molecule has 0 radical (unpaired) electrons. The van der Waals surface area contributed by atoms with Crippen molar-refractivity contribution < 1.29 is 4.39 Å². The highest BCUT2D eigenvalue weighted by molar-refractivity contribution is 5.14. The molecule has 0 amide bonds. The lowest BCUT2D eigenvalue weighted by Gasteiger charge is -2.34. The van der Waals surface area contributed by atoms with Gasteiger partial charge in [0.05, 0.1) is 0 Å². The second kappa shape index (κ2) is 5.44. The van der Waals surface area contributed by atoms with Crippen LogP contribution in [0.1, 0.15) is 25.3 Å². The van der Waals surface area contributed by atoms with Gasteiger partial charge in [-0.2, -0.15) is 0 Å². The molecule has 1 aliphatic rings. The van der Waals surface area contributed by atoms with Crippen LogP contribution in [-0.2, 0) is 6.54 Å². The summed E-state index contributed by atoms with van der Waals surface area (Å²) in [6.45, 7) is 4.61. The molecule has 0 saturated carbocycles. The van der Waals surface area contributed by atoms with Crippen molar-refractivity contribution in [3.63, 3.8) is 0 Å². The van der Waals surface area contributed by atoms with Crippen molar-refractivity contribution in [2.75, 3.05) is 13.1 Å². The van der Waals surface area contributed by atoms with Gasteiger partial charge in [0.15, 0.2) is 0 Å². The van der Waals surface area contributed by atoms with Crippen LogP contribution >= 0.6 is 0 Å². The van der Waals surface area contributed by atoms with E-state index in [2.05, 4.69) is 24.0 Å². The van der Waals surface area contributed by atoms with Gasteiger partial charge < -0.3 is 0 Å². The number of likely N-dealkylation sites (tertiary alicyclic amines) is 1. The number of rotatable bonds is 3. The van der Waals surface area contributed by atoms with E-state index in [1.165, 1.54) is 5.56 Å². The first kappa shape index (κ1) is 11.6. The number of halogens is 1. The summed E-state index contributed by atoms with van der Waals surface area (Å²) in [6, 6.07) is 10.3. The Bertz CT molecular complexity index is 312. The summed E-state index contributed by atoms with van der Waals surface area (Å²) >= 11 is 0. The third-order valence-corrected chi connectivity index (χ3v) is 3.53. The fraction of sp³-hybridized carbons (Fsp3) is 0.571. The normalized spacial score (nSPS) is 26.9. The van der Waals surface area contributed by atoms with E-state index in [0.717, 1.165) is 25.9 Å². The predicted octanol–water partition coefficient (Wildman–Crippen LogP) is 3.26. The topological polar surface area (TPSA) is 3.24 Å². The fourth-order valence-electron chi connectivity index (χ4n) is 2.46. The lowest BCUT2D eigenvalue weighted by atomic mass is 9.92. The van der Waals surface area contributed by atoms with E-state index in [4.69, 9.17) is 0 Å². The fourth-order valence-corrected chi connectivity index (χ4v) is 2.46. The Kier molecular flexibility index (Phi) is 3.94. The van der Waals surface area contributed by atoms with Gasteiger partial charge >= 0.3 is 0 Å². The Morgan fingerprint density at radius 1 is 1.31 bits per heavy atom. The van der Waals surface area contributed by atoms with Crippen molar-refractivity contribution in [1.29, 1.82) is 0 Å². The number of piperidine rings is 1. The van der Waals surface area contributed by atoms with Crippen LogP contribution < -0.4 is 0 Å². The molecule has 2 atom stereocenters. The lowest BCUT2D eigenvalue weighted by Crippen LogP contribution is -2.41. The van der Waals surface area contributed by atoms with Gasteiger partial charge in [-0.05, 0) is 24.4 Å². The van der Waals surface area contributed by atoms with Crippen LogP contribution in [0.4, 0.5) is 4.39 Å². The zero-order chi connectivity index (χ0) is 11.4. The summed E-state index contributed by atoms with van der Waals surface area (Å²) in [5.41, 5.74) is 1.28. The quantitative estimate of drug-likeness (QED) is 0.757. The molecule has 88 valence electrons. The number of hydrogen-bond donors (Lipinski definition) is 0. The summed E-state index contributed by atoms with van der Waals surface area (Å²) < 4.78 is 13.8. The second-order valence-corrected chi connectivity index (χ2v) is 4.69. The largest absolute Gasteiger partial charge is 0.296 e. The van der Waals surface area contributed by atoms with Gasteiger partial charge in [-0.25, -0.2) is 4.39 Å². The van der Waals surface area contributed by atoms with Crippen molar-refractivity contribution in [3.8, 4) is 0 Å². The average molecular weight is 221 g/mol. The van der Waals surface area contributed by atoms with Crippen molar-refractivity contribution >= 4 is 0 Å². The molecule has 1 saturated heterocycles. The van der Waals surface area contributed by atoms with Crippen molar-refractivity contribution in [1.82, 2.24) is 4.90 Å². The Labute approximate surface area is 97.3 Å². The molecule has 1 heterocycles. The van der Waals surface area contributed by atoms with Gasteiger partial charge in [-0.1, -0.05) is 43.7 Å². The molecule has 0 aliphatic carbocycles. The summed E-state index contributed by atoms with van der Waals surface area (Å²) in [7, 11) is 0. The van der Waals surface area contributed by atoms with E-state index in [1.54, 1.807) is 0 Å². The van der Waals surface area contributed by atoms with Crippen LogP contribution in [0.5, 0.6) is 0 Å². The van der Waals surface area contributed by atoms with Gasteiger partial charge in [0, 0.05) is 13.1 Å². The van der Waals surface area contributed by atoms with Gasteiger partial charge in [0.2, 0.25) is 0 Å². The van der Waals surface area contributed by atoms with E-state index >= 15 is 0 Å². The zero-order valence-electron chi connectivity index (χ0n) is 9.90. The van der Waals surface area contributed by atoms with Crippen LogP contribution in [0, 0.1) is 5.92 Å². The summed E-state index contributed by atoms with van der Waals surface area (Å²) in [5, 5.41) is 0. The predicted molar refractivity (Wildman–Crippen MR) is 65.0 cm³/mol. The van der Waals surface area contributed by atoms with E-state index in [-0.39, 0.29) is 5.92 Å². The van der Waals surface area contributed by atoms with E-state index in [1.807, 2.05) is 18.2 Å².